The number of aromatic nitrogens is 1. The Bertz CT molecular complexity index is 245. The summed E-state index contributed by atoms with van der Waals surface area (Å²) in [6, 6.07) is 4.19. The molecular weight excluding hydrogens is 148 g/mol. The fraction of sp³-hybridized carbons (Fsp3) is 0.500. The number of hydrogen-bond donors (Lipinski definition) is 1. The summed E-state index contributed by atoms with van der Waals surface area (Å²) in [6.45, 7) is 1.14. The lowest BCUT2D eigenvalue weighted by molar-refractivity contribution is 0.697. The Hall–Kier alpha value is -0.890. The number of nitrogens with zero attached hydrogens (tertiary/aromatic N) is 1. The Morgan fingerprint density at radius 2 is 2.58 bits per heavy atom. The second kappa shape index (κ2) is 3.23. The van der Waals surface area contributed by atoms with Gasteiger partial charge in [-0.25, -0.2) is 0 Å². The predicted molar refractivity (Wildman–Crippen MR) is 49.0 cm³/mol. The molecule has 0 aromatic carbocycles. The maximum atomic E-state index is 4.12. The summed E-state index contributed by atoms with van der Waals surface area (Å²) in [4.78, 5) is 4.12. The molecular formula is C10H14N2. The molecule has 0 aliphatic heterocycles. The van der Waals surface area contributed by atoms with Gasteiger partial charge in [0.15, 0.2) is 0 Å². The van der Waals surface area contributed by atoms with Crippen molar-refractivity contribution in [3.63, 3.8) is 0 Å². The van der Waals surface area contributed by atoms with E-state index >= 15 is 0 Å². The zero-order valence-electron chi connectivity index (χ0n) is 7.33. The minimum absolute atomic E-state index is 0.770. The van der Waals surface area contributed by atoms with E-state index < -0.39 is 0 Å². The molecule has 0 radical (unpaired) electrons. The van der Waals surface area contributed by atoms with Gasteiger partial charge in [0, 0.05) is 12.4 Å². The Morgan fingerprint density at radius 3 is 3.25 bits per heavy atom. The minimum Gasteiger partial charge on any atom is -0.319 e. The van der Waals surface area contributed by atoms with E-state index in [0.717, 1.165) is 18.4 Å². The van der Waals surface area contributed by atoms with Crippen LogP contribution in [0.4, 0.5) is 0 Å². The van der Waals surface area contributed by atoms with Gasteiger partial charge in [-0.2, -0.15) is 0 Å². The molecule has 1 saturated carbocycles. The average Bonchev–Trinajstić information content (AvgIpc) is 2.87. The lowest BCUT2D eigenvalue weighted by Gasteiger charge is -1.98. The average molecular weight is 162 g/mol. The van der Waals surface area contributed by atoms with Crippen molar-refractivity contribution in [1.82, 2.24) is 10.3 Å². The highest BCUT2D eigenvalue weighted by Crippen LogP contribution is 2.46. The fourth-order valence-electron chi connectivity index (χ4n) is 1.74. The summed E-state index contributed by atoms with van der Waals surface area (Å²) in [7, 11) is 2.01. The van der Waals surface area contributed by atoms with Gasteiger partial charge in [0.05, 0.1) is 0 Å². The molecule has 2 rings (SSSR count). The molecule has 1 aromatic heterocycles. The first-order chi connectivity index (χ1) is 5.92. The summed E-state index contributed by atoms with van der Waals surface area (Å²) in [5.74, 6) is 1.62. The number of hydrogen-bond acceptors (Lipinski definition) is 2. The molecule has 2 heteroatoms. The van der Waals surface area contributed by atoms with Gasteiger partial charge in [-0.05, 0) is 43.5 Å². The fourth-order valence-corrected chi connectivity index (χ4v) is 1.74. The van der Waals surface area contributed by atoms with Crippen molar-refractivity contribution in [3.05, 3.63) is 30.1 Å². The van der Waals surface area contributed by atoms with Gasteiger partial charge >= 0.3 is 0 Å². The summed E-state index contributed by atoms with van der Waals surface area (Å²) in [5.41, 5.74) is 1.40. The first-order valence-corrected chi connectivity index (χ1v) is 4.46. The Balaban J connectivity index is 1.97. The molecule has 2 atom stereocenters. The van der Waals surface area contributed by atoms with E-state index in [4.69, 9.17) is 0 Å². The molecule has 2 nitrogen and oxygen atoms in total. The number of pyridine rings is 1. The molecule has 1 aliphatic rings. The van der Waals surface area contributed by atoms with E-state index in [0.29, 0.717) is 0 Å². The zero-order chi connectivity index (χ0) is 8.39. The van der Waals surface area contributed by atoms with Gasteiger partial charge in [-0.1, -0.05) is 6.07 Å². The maximum Gasteiger partial charge on any atom is 0.0302 e. The highest BCUT2D eigenvalue weighted by Gasteiger charge is 2.37. The Morgan fingerprint density at radius 1 is 1.67 bits per heavy atom. The van der Waals surface area contributed by atoms with Gasteiger partial charge in [0.1, 0.15) is 0 Å². The van der Waals surface area contributed by atoms with Crippen molar-refractivity contribution in [1.29, 1.82) is 0 Å². The van der Waals surface area contributed by atoms with Crippen LogP contribution in [0.2, 0.25) is 0 Å². The van der Waals surface area contributed by atoms with Crippen LogP contribution >= 0.6 is 0 Å². The zero-order valence-corrected chi connectivity index (χ0v) is 7.33. The van der Waals surface area contributed by atoms with Crippen molar-refractivity contribution < 1.29 is 0 Å². The van der Waals surface area contributed by atoms with Crippen LogP contribution < -0.4 is 5.32 Å². The normalized spacial score (nSPS) is 27.1. The smallest absolute Gasteiger partial charge is 0.0302 e. The SMILES string of the molecule is CNC[C@@H]1C[C@@H]1c1cccnc1. The van der Waals surface area contributed by atoms with Crippen LogP contribution in [0.3, 0.4) is 0 Å². The quantitative estimate of drug-likeness (QED) is 0.726. The lowest BCUT2D eigenvalue weighted by atomic mass is 10.1. The summed E-state index contributed by atoms with van der Waals surface area (Å²) < 4.78 is 0. The molecule has 0 unspecified atom stereocenters. The van der Waals surface area contributed by atoms with Crippen molar-refractivity contribution in [2.24, 2.45) is 5.92 Å². The van der Waals surface area contributed by atoms with Crippen molar-refractivity contribution in [3.8, 4) is 0 Å². The molecule has 0 spiro atoms. The molecule has 1 fully saturated rings. The molecule has 64 valence electrons. The molecule has 1 N–H and O–H groups in total. The van der Waals surface area contributed by atoms with E-state index in [1.165, 1.54) is 12.0 Å². The molecule has 0 amide bonds. The molecule has 12 heavy (non-hydrogen) atoms. The summed E-state index contributed by atoms with van der Waals surface area (Å²) in [6.07, 6.45) is 5.14. The van der Waals surface area contributed by atoms with E-state index in [1.54, 1.807) is 0 Å². The largest absolute Gasteiger partial charge is 0.319 e. The van der Waals surface area contributed by atoms with Crippen molar-refractivity contribution in [2.75, 3.05) is 13.6 Å². The Kier molecular flexibility index (Phi) is 2.09. The first kappa shape index (κ1) is 7.74. The van der Waals surface area contributed by atoms with Crippen LogP contribution in [0, 0.1) is 5.92 Å². The van der Waals surface area contributed by atoms with Crippen LogP contribution in [-0.4, -0.2) is 18.6 Å². The van der Waals surface area contributed by atoms with Gasteiger partial charge in [-0.3, -0.25) is 4.98 Å². The topological polar surface area (TPSA) is 24.9 Å². The number of nitrogens with one attached hydrogen (secondary N) is 1. The van der Waals surface area contributed by atoms with E-state index in [-0.39, 0.29) is 0 Å². The van der Waals surface area contributed by atoms with Crippen LogP contribution in [0.5, 0.6) is 0 Å². The third kappa shape index (κ3) is 1.48. The van der Waals surface area contributed by atoms with E-state index in [9.17, 15) is 0 Å². The van der Waals surface area contributed by atoms with E-state index in [1.807, 2.05) is 25.5 Å². The molecule has 1 aromatic rings. The van der Waals surface area contributed by atoms with Gasteiger partial charge < -0.3 is 5.32 Å². The molecule has 0 saturated heterocycles. The van der Waals surface area contributed by atoms with Crippen LogP contribution in [-0.2, 0) is 0 Å². The maximum absolute atomic E-state index is 4.12. The third-order valence-electron chi connectivity index (χ3n) is 2.50. The second-order valence-corrected chi connectivity index (χ2v) is 3.45. The third-order valence-corrected chi connectivity index (χ3v) is 2.50. The highest BCUT2D eigenvalue weighted by atomic mass is 14.8. The molecule has 1 aliphatic carbocycles. The summed E-state index contributed by atoms with van der Waals surface area (Å²) in [5, 5.41) is 3.21. The standard InChI is InChI=1S/C10H14N2/c1-11-6-9-5-10(9)8-3-2-4-12-7-8/h2-4,7,9-11H,5-6H2,1H3/t9-,10+/m0/s1. The second-order valence-electron chi connectivity index (χ2n) is 3.45. The molecule has 0 bridgehead atoms. The van der Waals surface area contributed by atoms with Crippen LogP contribution in [0.1, 0.15) is 17.9 Å². The van der Waals surface area contributed by atoms with Crippen molar-refractivity contribution in [2.45, 2.75) is 12.3 Å². The number of rotatable bonds is 3. The predicted octanol–water partition coefficient (Wildman–Crippen LogP) is 1.40. The molecule has 1 heterocycles. The van der Waals surface area contributed by atoms with Gasteiger partial charge in [0.25, 0.3) is 0 Å². The monoisotopic (exact) mass is 162 g/mol. The van der Waals surface area contributed by atoms with Crippen molar-refractivity contribution >= 4 is 0 Å². The van der Waals surface area contributed by atoms with Gasteiger partial charge in [0.2, 0.25) is 0 Å². The lowest BCUT2D eigenvalue weighted by Crippen LogP contribution is -2.10. The van der Waals surface area contributed by atoms with Crippen LogP contribution in [0.15, 0.2) is 24.5 Å². The first-order valence-electron chi connectivity index (χ1n) is 4.46. The minimum atomic E-state index is 0.770. The van der Waals surface area contributed by atoms with Crippen LogP contribution in [0.25, 0.3) is 0 Å². The van der Waals surface area contributed by atoms with Gasteiger partial charge in [-0.15, -0.1) is 0 Å². The highest BCUT2D eigenvalue weighted by molar-refractivity contribution is 5.22. The summed E-state index contributed by atoms with van der Waals surface area (Å²) >= 11 is 0. The Labute approximate surface area is 73.0 Å². The van der Waals surface area contributed by atoms with E-state index in [2.05, 4.69) is 16.4 Å².